The Morgan fingerprint density at radius 3 is 1.73 bits per heavy atom. The van der Waals surface area contributed by atoms with E-state index in [9.17, 15) is 0 Å². The van der Waals surface area contributed by atoms with Gasteiger partial charge < -0.3 is 11.1 Å². The molecule has 200 valence electrons. The summed E-state index contributed by atoms with van der Waals surface area (Å²) in [6.07, 6.45) is 10.5. The van der Waals surface area contributed by atoms with Crippen molar-refractivity contribution >= 4 is 73.6 Å². The second kappa shape index (κ2) is 11.9. The minimum absolute atomic E-state index is 0.0924. The molecule has 2 heterocycles. The summed E-state index contributed by atoms with van der Waals surface area (Å²) in [6, 6.07) is 25.7. The summed E-state index contributed by atoms with van der Waals surface area (Å²) < 4.78 is 0. The van der Waals surface area contributed by atoms with Crippen LogP contribution in [-0.4, -0.2) is 16.6 Å². The van der Waals surface area contributed by atoms with Crippen LogP contribution >= 0.6 is 23.5 Å². The van der Waals surface area contributed by atoms with Gasteiger partial charge in [-0.2, -0.15) is 0 Å². The summed E-state index contributed by atoms with van der Waals surface area (Å²) in [4.78, 5) is 12.4. The fourth-order valence-electron chi connectivity index (χ4n) is 4.81. The van der Waals surface area contributed by atoms with E-state index in [1.165, 1.54) is 26.1 Å². The Balaban J connectivity index is 1.22. The maximum atomic E-state index is 6.16. The van der Waals surface area contributed by atoms with Crippen molar-refractivity contribution in [1.29, 1.82) is 0 Å². The molecule has 0 bridgehead atoms. The summed E-state index contributed by atoms with van der Waals surface area (Å²) in [5.41, 5.74) is 12.8. The number of anilines is 1. The van der Waals surface area contributed by atoms with E-state index in [4.69, 9.17) is 15.7 Å². The molecule has 6 rings (SSSR count). The van der Waals surface area contributed by atoms with Crippen molar-refractivity contribution in [3.05, 3.63) is 102 Å². The molecule has 0 saturated heterocycles. The Morgan fingerprint density at radius 1 is 0.700 bits per heavy atom. The van der Waals surface area contributed by atoms with Gasteiger partial charge in [0.25, 0.3) is 0 Å². The lowest BCUT2D eigenvalue weighted by atomic mass is 10.0. The van der Waals surface area contributed by atoms with E-state index in [1.54, 1.807) is 23.5 Å². The lowest BCUT2D eigenvalue weighted by Gasteiger charge is -2.21. The third kappa shape index (κ3) is 5.66. The van der Waals surface area contributed by atoms with Crippen molar-refractivity contribution in [3.8, 4) is 0 Å². The fraction of sp³-hybridized carbons (Fsp3) is 0.176. The maximum Gasteiger partial charge on any atom is 0.101 e. The van der Waals surface area contributed by atoms with Gasteiger partial charge in [-0.05, 0) is 78.1 Å². The highest BCUT2D eigenvalue weighted by atomic mass is 32.2. The minimum Gasteiger partial charge on any atom is -0.385 e. The van der Waals surface area contributed by atoms with Crippen LogP contribution in [0.3, 0.4) is 0 Å². The van der Waals surface area contributed by atoms with Gasteiger partial charge in [-0.15, -0.1) is 0 Å². The summed E-state index contributed by atoms with van der Waals surface area (Å²) in [5, 5.41) is 7.79. The Hall–Kier alpha value is -3.58. The number of nitrogens with zero attached hydrogens (tertiary/aromatic N) is 2. The van der Waals surface area contributed by atoms with Crippen molar-refractivity contribution in [2.75, 3.05) is 11.9 Å². The SMILES string of the molecule is CCCNc1ccc(/C=C/C2=Nc3ccc4c5c(ccc(c35)S2)N=C(/C=C/c2ccc(C(N)CC)cc2)S4)cc1. The second-order valence-corrected chi connectivity index (χ2v) is 12.0. The molecule has 40 heavy (non-hydrogen) atoms. The van der Waals surface area contributed by atoms with Crippen LogP contribution in [0.25, 0.3) is 22.9 Å². The van der Waals surface area contributed by atoms with Gasteiger partial charge in [-0.3, -0.25) is 0 Å². The number of thioether (sulfide) groups is 2. The average Bonchev–Trinajstić information content (AvgIpc) is 3.00. The molecule has 4 nitrogen and oxygen atoms in total. The number of hydrogen-bond donors (Lipinski definition) is 2. The van der Waals surface area contributed by atoms with Gasteiger partial charge in [-0.1, -0.05) is 85.9 Å². The second-order valence-electron chi connectivity index (χ2n) is 9.92. The van der Waals surface area contributed by atoms with Crippen LogP contribution in [-0.2, 0) is 0 Å². The topological polar surface area (TPSA) is 62.8 Å². The number of benzene rings is 4. The van der Waals surface area contributed by atoms with Gasteiger partial charge in [0.05, 0.1) is 11.4 Å². The van der Waals surface area contributed by atoms with Crippen LogP contribution in [0.4, 0.5) is 17.1 Å². The van der Waals surface area contributed by atoms with Gasteiger partial charge in [0, 0.05) is 38.8 Å². The number of hydrogen-bond acceptors (Lipinski definition) is 6. The molecule has 0 aliphatic carbocycles. The first-order valence-corrected chi connectivity index (χ1v) is 15.4. The summed E-state index contributed by atoms with van der Waals surface area (Å²) >= 11 is 3.43. The molecule has 3 N–H and O–H groups in total. The lowest BCUT2D eigenvalue weighted by molar-refractivity contribution is 0.699. The molecule has 0 saturated carbocycles. The van der Waals surface area contributed by atoms with E-state index in [2.05, 4.69) is 116 Å². The van der Waals surface area contributed by atoms with E-state index < -0.39 is 0 Å². The molecule has 0 aromatic heterocycles. The Morgan fingerprint density at radius 2 is 1.23 bits per heavy atom. The fourth-order valence-corrected chi connectivity index (χ4v) is 6.71. The zero-order valence-corrected chi connectivity index (χ0v) is 24.4. The van der Waals surface area contributed by atoms with Crippen LogP contribution < -0.4 is 11.1 Å². The Kier molecular flexibility index (Phi) is 7.91. The van der Waals surface area contributed by atoms with Crippen LogP contribution in [0.5, 0.6) is 0 Å². The van der Waals surface area contributed by atoms with Crippen LogP contribution in [0.1, 0.15) is 49.4 Å². The zero-order chi connectivity index (χ0) is 27.5. The van der Waals surface area contributed by atoms with Crippen molar-refractivity contribution in [2.24, 2.45) is 15.7 Å². The van der Waals surface area contributed by atoms with Crippen LogP contribution in [0.2, 0.25) is 0 Å². The van der Waals surface area contributed by atoms with Crippen LogP contribution in [0.15, 0.2) is 105 Å². The summed E-state index contributed by atoms with van der Waals surface area (Å²) in [7, 11) is 0. The number of rotatable bonds is 9. The molecule has 4 aromatic rings. The largest absolute Gasteiger partial charge is 0.385 e. The summed E-state index contributed by atoms with van der Waals surface area (Å²) in [5.74, 6) is 0. The Bertz CT molecular complexity index is 1670. The maximum absolute atomic E-state index is 6.16. The molecule has 1 atom stereocenters. The summed E-state index contributed by atoms with van der Waals surface area (Å²) in [6.45, 7) is 5.27. The molecular formula is C34H32N4S2. The van der Waals surface area contributed by atoms with E-state index in [-0.39, 0.29) is 6.04 Å². The molecule has 0 fully saturated rings. The van der Waals surface area contributed by atoms with Gasteiger partial charge in [0.2, 0.25) is 0 Å². The first kappa shape index (κ1) is 26.6. The predicted molar refractivity (Wildman–Crippen MR) is 177 cm³/mol. The quantitative estimate of drug-likeness (QED) is 0.214. The third-order valence-corrected chi connectivity index (χ3v) is 9.05. The number of aliphatic imine (C=N–C) groups is 2. The van der Waals surface area contributed by atoms with E-state index >= 15 is 0 Å². The van der Waals surface area contributed by atoms with E-state index in [0.717, 1.165) is 57.7 Å². The standard InChI is InChI=1S/C34H32N4S2/c1-3-21-36-25-13-7-23(8-14-25)10-20-32-38-28-16-17-29-33-27(15-18-30(40-32)34(28)33)37-31(39-29)19-9-22-5-11-24(12-6-22)26(35)4-2/h5-20,26,36H,3-4,21,35H2,1-2H3/b19-9+,20-10+. The number of nitrogens with one attached hydrogen (secondary N) is 1. The average molecular weight is 561 g/mol. The minimum atomic E-state index is 0.0924. The normalized spacial score (nSPS) is 15.0. The molecule has 2 aliphatic rings. The van der Waals surface area contributed by atoms with E-state index in [1.807, 2.05) is 0 Å². The van der Waals surface area contributed by atoms with Gasteiger partial charge in [-0.25, -0.2) is 9.98 Å². The molecule has 2 aliphatic heterocycles. The van der Waals surface area contributed by atoms with Gasteiger partial charge in [0.1, 0.15) is 10.1 Å². The smallest absolute Gasteiger partial charge is 0.101 e. The predicted octanol–water partition coefficient (Wildman–Crippen LogP) is 9.77. The van der Waals surface area contributed by atoms with E-state index in [0.29, 0.717) is 0 Å². The molecule has 1 unspecified atom stereocenters. The van der Waals surface area contributed by atoms with Crippen molar-refractivity contribution in [3.63, 3.8) is 0 Å². The number of nitrogens with two attached hydrogens (primary N) is 1. The lowest BCUT2D eigenvalue weighted by Crippen LogP contribution is -2.08. The van der Waals surface area contributed by atoms with Crippen LogP contribution in [0, 0.1) is 0 Å². The Labute approximate surface area is 244 Å². The molecule has 4 aromatic carbocycles. The van der Waals surface area contributed by atoms with Gasteiger partial charge >= 0.3 is 0 Å². The first-order chi connectivity index (χ1) is 19.6. The molecule has 0 spiro atoms. The highest BCUT2D eigenvalue weighted by Crippen LogP contribution is 2.49. The highest BCUT2D eigenvalue weighted by molar-refractivity contribution is 8.15. The highest BCUT2D eigenvalue weighted by Gasteiger charge is 2.22. The zero-order valence-electron chi connectivity index (χ0n) is 22.7. The molecule has 0 radical (unpaired) electrons. The van der Waals surface area contributed by atoms with Crippen molar-refractivity contribution < 1.29 is 0 Å². The van der Waals surface area contributed by atoms with Gasteiger partial charge in [0.15, 0.2) is 0 Å². The van der Waals surface area contributed by atoms with Crippen molar-refractivity contribution in [2.45, 2.75) is 42.5 Å². The molecular weight excluding hydrogens is 529 g/mol. The first-order valence-electron chi connectivity index (χ1n) is 13.8. The monoisotopic (exact) mass is 560 g/mol. The van der Waals surface area contributed by atoms with Crippen molar-refractivity contribution in [1.82, 2.24) is 0 Å². The molecule has 0 amide bonds. The molecule has 6 heteroatoms. The third-order valence-electron chi connectivity index (χ3n) is 7.06.